The average Bonchev–Trinajstić information content (AvgIpc) is 2.81. The van der Waals surface area contributed by atoms with Gasteiger partial charge in [-0.05, 0) is 33.6 Å². The lowest BCUT2D eigenvalue weighted by molar-refractivity contribution is -0.136. The topological polar surface area (TPSA) is 77.5 Å². The van der Waals surface area contributed by atoms with Crippen molar-refractivity contribution >= 4 is 34.1 Å². The van der Waals surface area contributed by atoms with E-state index in [1.54, 1.807) is 39.2 Å². The summed E-state index contributed by atoms with van der Waals surface area (Å²) in [5.41, 5.74) is 0.293. The van der Waals surface area contributed by atoms with Gasteiger partial charge in [0.2, 0.25) is 0 Å². The molecule has 0 saturated heterocycles. The second kappa shape index (κ2) is 8.10. The van der Waals surface area contributed by atoms with Crippen molar-refractivity contribution in [2.75, 3.05) is 11.9 Å². The first kappa shape index (κ1) is 19.2. The number of nitrogens with one attached hydrogen (secondary N) is 1. The van der Waals surface area contributed by atoms with Crippen LogP contribution in [0, 0.1) is 5.92 Å². The quantitative estimate of drug-likeness (QED) is 0.645. The van der Waals surface area contributed by atoms with Gasteiger partial charge in [0.15, 0.2) is 5.13 Å². The summed E-state index contributed by atoms with van der Waals surface area (Å²) in [6.07, 6.45) is 1.22. The molecule has 0 radical (unpaired) electrons. The van der Waals surface area contributed by atoms with Crippen LogP contribution in [0.15, 0.2) is 11.5 Å². The third-order valence-corrected chi connectivity index (χ3v) is 3.14. The van der Waals surface area contributed by atoms with Crippen molar-refractivity contribution in [3.05, 3.63) is 17.2 Å². The predicted octanol–water partition coefficient (Wildman–Crippen LogP) is 4.09. The summed E-state index contributed by atoms with van der Waals surface area (Å²) < 4.78 is 10.2. The number of carbonyl (C=O) groups excluding carboxylic acids is 2. The van der Waals surface area contributed by atoms with E-state index in [0.717, 1.165) is 0 Å². The SMILES string of the molecule is CCOC(=O)/C(=C/C(C)C)c1csc(NC(=O)OC(C)(C)C)n1. The standard InChI is InChI=1S/C16H24N2O4S/c1-7-21-13(19)11(8-10(2)3)12-9-23-14(17-12)18-15(20)22-16(4,5)6/h8-10H,7H2,1-6H3,(H,17,18,20)/b11-8+. The smallest absolute Gasteiger partial charge is 0.413 e. The third kappa shape index (κ3) is 6.81. The van der Waals surface area contributed by atoms with Crippen LogP contribution in [-0.2, 0) is 14.3 Å². The Morgan fingerprint density at radius 2 is 2.04 bits per heavy atom. The van der Waals surface area contributed by atoms with Gasteiger partial charge >= 0.3 is 12.1 Å². The zero-order valence-electron chi connectivity index (χ0n) is 14.4. The molecule has 1 aromatic heterocycles. The van der Waals surface area contributed by atoms with E-state index in [4.69, 9.17) is 9.47 Å². The van der Waals surface area contributed by atoms with Crippen LogP contribution >= 0.6 is 11.3 Å². The van der Waals surface area contributed by atoms with Crippen LogP contribution < -0.4 is 5.32 Å². The van der Waals surface area contributed by atoms with Crippen LogP contribution in [0.4, 0.5) is 9.93 Å². The second-order valence-electron chi connectivity index (χ2n) is 6.21. The van der Waals surface area contributed by atoms with Crippen LogP contribution in [0.3, 0.4) is 0 Å². The molecule has 23 heavy (non-hydrogen) atoms. The largest absolute Gasteiger partial charge is 0.462 e. The molecule has 0 atom stereocenters. The van der Waals surface area contributed by atoms with Gasteiger partial charge in [0.05, 0.1) is 17.9 Å². The molecule has 1 rings (SSSR count). The van der Waals surface area contributed by atoms with Crippen molar-refractivity contribution in [1.29, 1.82) is 0 Å². The fourth-order valence-electron chi connectivity index (χ4n) is 1.65. The molecule has 0 spiro atoms. The van der Waals surface area contributed by atoms with Crippen molar-refractivity contribution in [3.63, 3.8) is 0 Å². The van der Waals surface area contributed by atoms with E-state index in [-0.39, 0.29) is 5.92 Å². The van der Waals surface area contributed by atoms with E-state index in [2.05, 4.69) is 10.3 Å². The fraction of sp³-hybridized carbons (Fsp3) is 0.562. The summed E-state index contributed by atoms with van der Waals surface area (Å²) in [4.78, 5) is 28.1. The normalized spacial score (nSPS) is 12.2. The number of ether oxygens (including phenoxy) is 2. The van der Waals surface area contributed by atoms with Gasteiger partial charge < -0.3 is 9.47 Å². The Morgan fingerprint density at radius 1 is 1.39 bits per heavy atom. The van der Waals surface area contributed by atoms with E-state index in [1.165, 1.54) is 11.3 Å². The molecule has 7 heteroatoms. The molecule has 0 saturated carbocycles. The zero-order chi connectivity index (χ0) is 17.6. The lowest BCUT2D eigenvalue weighted by atomic mass is 10.1. The van der Waals surface area contributed by atoms with Gasteiger partial charge in [-0.2, -0.15) is 0 Å². The molecule has 1 N–H and O–H groups in total. The van der Waals surface area contributed by atoms with Gasteiger partial charge in [-0.3, -0.25) is 5.32 Å². The van der Waals surface area contributed by atoms with E-state index < -0.39 is 17.7 Å². The summed E-state index contributed by atoms with van der Waals surface area (Å²) in [5.74, 6) is -0.256. The van der Waals surface area contributed by atoms with Crippen LogP contribution in [-0.4, -0.2) is 29.3 Å². The van der Waals surface area contributed by atoms with Crippen molar-refractivity contribution in [3.8, 4) is 0 Å². The second-order valence-corrected chi connectivity index (χ2v) is 7.07. The molecule has 0 aromatic carbocycles. The number of hydrogen-bond acceptors (Lipinski definition) is 6. The highest BCUT2D eigenvalue weighted by Gasteiger charge is 2.20. The minimum Gasteiger partial charge on any atom is -0.462 e. The van der Waals surface area contributed by atoms with Crippen molar-refractivity contribution in [1.82, 2.24) is 4.98 Å². The number of thiazole rings is 1. The number of carbonyl (C=O) groups is 2. The van der Waals surface area contributed by atoms with Crippen LogP contribution in [0.1, 0.15) is 47.2 Å². The van der Waals surface area contributed by atoms with E-state index in [0.29, 0.717) is 23.0 Å². The summed E-state index contributed by atoms with van der Waals surface area (Å²) >= 11 is 1.22. The van der Waals surface area contributed by atoms with Gasteiger partial charge in [-0.25, -0.2) is 14.6 Å². The summed E-state index contributed by atoms with van der Waals surface area (Å²) in [6, 6.07) is 0. The maximum atomic E-state index is 12.1. The molecule has 0 aliphatic carbocycles. The Kier molecular flexibility index (Phi) is 6.75. The number of aromatic nitrogens is 1. The molecule has 0 unspecified atom stereocenters. The minimum atomic E-state index is -0.586. The Labute approximate surface area is 140 Å². The first-order valence-corrected chi connectivity index (χ1v) is 8.35. The first-order valence-electron chi connectivity index (χ1n) is 7.47. The maximum Gasteiger partial charge on any atom is 0.413 e. The molecule has 1 heterocycles. The van der Waals surface area contributed by atoms with E-state index >= 15 is 0 Å². The van der Waals surface area contributed by atoms with Gasteiger partial charge in [0.25, 0.3) is 0 Å². The highest BCUT2D eigenvalue weighted by atomic mass is 32.1. The number of nitrogens with zero attached hydrogens (tertiary/aromatic N) is 1. The number of esters is 1. The molecule has 0 aliphatic heterocycles. The first-order chi connectivity index (χ1) is 10.6. The van der Waals surface area contributed by atoms with E-state index in [1.807, 2.05) is 13.8 Å². The maximum absolute atomic E-state index is 12.1. The highest BCUT2D eigenvalue weighted by Crippen LogP contribution is 2.24. The molecule has 0 fully saturated rings. The highest BCUT2D eigenvalue weighted by molar-refractivity contribution is 7.14. The van der Waals surface area contributed by atoms with Crippen molar-refractivity contribution in [2.24, 2.45) is 5.92 Å². The van der Waals surface area contributed by atoms with Crippen molar-refractivity contribution in [2.45, 2.75) is 47.1 Å². The Morgan fingerprint density at radius 3 is 2.57 bits per heavy atom. The minimum absolute atomic E-state index is 0.165. The predicted molar refractivity (Wildman–Crippen MR) is 91.4 cm³/mol. The van der Waals surface area contributed by atoms with E-state index in [9.17, 15) is 9.59 Å². The molecule has 1 aromatic rings. The van der Waals surface area contributed by atoms with Gasteiger partial charge in [0.1, 0.15) is 5.60 Å². The summed E-state index contributed by atoms with van der Waals surface area (Å²) in [5, 5.41) is 4.64. The fourth-order valence-corrected chi connectivity index (χ4v) is 2.34. The lowest BCUT2D eigenvalue weighted by Crippen LogP contribution is -2.27. The molecule has 0 aliphatic rings. The summed E-state index contributed by atoms with van der Waals surface area (Å²) in [7, 11) is 0. The number of rotatable bonds is 5. The zero-order valence-corrected chi connectivity index (χ0v) is 15.2. The monoisotopic (exact) mass is 340 g/mol. The van der Waals surface area contributed by atoms with Crippen LogP contribution in [0.2, 0.25) is 0 Å². The van der Waals surface area contributed by atoms with Gasteiger partial charge in [0, 0.05) is 5.38 Å². The average molecular weight is 340 g/mol. The van der Waals surface area contributed by atoms with Gasteiger partial charge in [-0.15, -0.1) is 11.3 Å². The molecular weight excluding hydrogens is 316 g/mol. The van der Waals surface area contributed by atoms with Crippen LogP contribution in [0.5, 0.6) is 0 Å². The molecule has 6 nitrogen and oxygen atoms in total. The molecular formula is C16H24N2O4S. The number of anilines is 1. The molecule has 1 amide bonds. The lowest BCUT2D eigenvalue weighted by Gasteiger charge is -2.18. The molecule has 0 bridgehead atoms. The van der Waals surface area contributed by atoms with Crippen molar-refractivity contribution < 1.29 is 19.1 Å². The molecule has 128 valence electrons. The summed E-state index contributed by atoms with van der Waals surface area (Å²) in [6.45, 7) is 11.3. The van der Waals surface area contributed by atoms with Crippen LogP contribution in [0.25, 0.3) is 5.57 Å². The third-order valence-electron chi connectivity index (χ3n) is 2.38. The Hall–Kier alpha value is -1.89. The Bertz CT molecular complexity index is 585. The number of allylic oxidation sites excluding steroid dienone is 1. The number of hydrogen-bond donors (Lipinski definition) is 1. The Balaban J connectivity index is 2.91. The van der Waals surface area contributed by atoms with Gasteiger partial charge in [-0.1, -0.05) is 19.9 Å². The number of amides is 1.